The Hall–Kier alpha value is -2.01. The van der Waals surface area contributed by atoms with Crippen LogP contribution in [-0.4, -0.2) is 29.5 Å². The Bertz CT molecular complexity index is 524. The molecule has 0 bridgehead atoms. The molecule has 1 aromatic heterocycles. The highest BCUT2D eigenvalue weighted by atomic mass is 16.5. The van der Waals surface area contributed by atoms with Gasteiger partial charge in [0.1, 0.15) is 6.61 Å². The second kappa shape index (κ2) is 6.96. The van der Waals surface area contributed by atoms with E-state index in [0.29, 0.717) is 13.2 Å². The van der Waals surface area contributed by atoms with Gasteiger partial charge in [0.15, 0.2) is 11.5 Å². The maximum atomic E-state index is 5.83. The van der Waals surface area contributed by atoms with Crippen molar-refractivity contribution in [2.45, 2.75) is 25.9 Å². The van der Waals surface area contributed by atoms with Crippen molar-refractivity contribution in [2.75, 3.05) is 13.7 Å². The van der Waals surface area contributed by atoms with E-state index in [0.717, 1.165) is 23.5 Å². The molecule has 0 aliphatic carbocycles. The van der Waals surface area contributed by atoms with Gasteiger partial charge < -0.3 is 15.2 Å². The number of benzene rings is 1. The molecule has 2 N–H and O–H groups in total. The molecular weight excluding hydrogens is 254 g/mol. The van der Waals surface area contributed by atoms with Gasteiger partial charge in [-0.3, -0.25) is 4.68 Å². The molecule has 0 radical (unpaired) electrons. The fourth-order valence-electron chi connectivity index (χ4n) is 2.01. The van der Waals surface area contributed by atoms with Crippen molar-refractivity contribution in [3.05, 3.63) is 42.2 Å². The summed E-state index contributed by atoms with van der Waals surface area (Å²) in [4.78, 5) is 0. The molecule has 0 aliphatic heterocycles. The van der Waals surface area contributed by atoms with E-state index >= 15 is 0 Å². The predicted octanol–water partition coefficient (Wildman–Crippen LogP) is 1.86. The fourth-order valence-corrected chi connectivity index (χ4v) is 2.01. The second-order valence-electron chi connectivity index (χ2n) is 4.78. The lowest BCUT2D eigenvalue weighted by molar-refractivity contribution is 0.274. The normalized spacial score (nSPS) is 12.2. The van der Waals surface area contributed by atoms with Gasteiger partial charge >= 0.3 is 0 Å². The Morgan fingerprint density at radius 3 is 2.85 bits per heavy atom. The van der Waals surface area contributed by atoms with E-state index in [-0.39, 0.29) is 6.04 Å². The van der Waals surface area contributed by atoms with Gasteiger partial charge in [0.2, 0.25) is 0 Å². The zero-order valence-corrected chi connectivity index (χ0v) is 12.0. The third-order valence-electron chi connectivity index (χ3n) is 2.92. The molecule has 1 unspecified atom stereocenters. The molecule has 2 aromatic rings. The van der Waals surface area contributed by atoms with Crippen LogP contribution in [0.25, 0.3) is 0 Å². The Balaban J connectivity index is 2.00. The summed E-state index contributed by atoms with van der Waals surface area (Å²) in [6.45, 7) is 3.23. The first-order valence-corrected chi connectivity index (χ1v) is 6.71. The lowest BCUT2D eigenvalue weighted by Gasteiger charge is -2.13. The number of nitrogens with two attached hydrogens (primary N) is 1. The summed E-state index contributed by atoms with van der Waals surface area (Å²) in [5.74, 6) is 1.48. The maximum absolute atomic E-state index is 5.83. The summed E-state index contributed by atoms with van der Waals surface area (Å²) in [6, 6.07) is 7.94. The summed E-state index contributed by atoms with van der Waals surface area (Å²) < 4.78 is 12.9. The third-order valence-corrected chi connectivity index (χ3v) is 2.92. The summed E-state index contributed by atoms with van der Waals surface area (Å²) in [6.07, 6.45) is 4.48. The summed E-state index contributed by atoms with van der Waals surface area (Å²) >= 11 is 0. The van der Waals surface area contributed by atoms with Gasteiger partial charge in [-0.25, -0.2) is 0 Å². The van der Waals surface area contributed by atoms with Crippen LogP contribution in [0.15, 0.2) is 36.7 Å². The van der Waals surface area contributed by atoms with Gasteiger partial charge in [0, 0.05) is 18.4 Å². The van der Waals surface area contributed by atoms with Crippen LogP contribution < -0.4 is 15.2 Å². The van der Waals surface area contributed by atoms with Crippen molar-refractivity contribution < 1.29 is 9.47 Å². The molecule has 0 spiro atoms. The first kappa shape index (κ1) is 14.4. The number of aromatic nitrogens is 2. The molecule has 108 valence electrons. The molecule has 5 heteroatoms. The third kappa shape index (κ3) is 3.99. The van der Waals surface area contributed by atoms with E-state index in [2.05, 4.69) is 5.10 Å². The lowest BCUT2D eigenvalue weighted by Crippen LogP contribution is -2.17. The number of hydrogen-bond donors (Lipinski definition) is 1. The van der Waals surface area contributed by atoms with E-state index in [1.807, 2.05) is 42.1 Å². The lowest BCUT2D eigenvalue weighted by atomic mass is 10.1. The van der Waals surface area contributed by atoms with Gasteiger partial charge in [-0.05, 0) is 37.1 Å². The number of rotatable bonds is 7. The number of hydrogen-bond acceptors (Lipinski definition) is 4. The van der Waals surface area contributed by atoms with Crippen LogP contribution in [0, 0.1) is 0 Å². The molecule has 2 rings (SSSR count). The smallest absolute Gasteiger partial charge is 0.161 e. The molecule has 0 amide bonds. The largest absolute Gasteiger partial charge is 0.493 e. The highest BCUT2D eigenvalue weighted by molar-refractivity contribution is 5.43. The van der Waals surface area contributed by atoms with Gasteiger partial charge in [-0.15, -0.1) is 0 Å². The van der Waals surface area contributed by atoms with Crippen molar-refractivity contribution in [1.82, 2.24) is 9.78 Å². The topological polar surface area (TPSA) is 62.3 Å². The summed E-state index contributed by atoms with van der Waals surface area (Å²) in [5, 5.41) is 4.14. The van der Waals surface area contributed by atoms with Crippen molar-refractivity contribution in [3.8, 4) is 11.5 Å². The van der Waals surface area contributed by atoms with Crippen LogP contribution in [0.2, 0.25) is 0 Å². The average Bonchev–Trinajstić information content (AvgIpc) is 2.91. The predicted molar refractivity (Wildman–Crippen MR) is 78.1 cm³/mol. The molecule has 20 heavy (non-hydrogen) atoms. The zero-order valence-electron chi connectivity index (χ0n) is 12.0. The second-order valence-corrected chi connectivity index (χ2v) is 4.78. The van der Waals surface area contributed by atoms with Crippen LogP contribution in [-0.2, 0) is 13.0 Å². The molecule has 0 aliphatic rings. The Kier molecular flexibility index (Phi) is 5.01. The summed E-state index contributed by atoms with van der Waals surface area (Å²) in [7, 11) is 1.64. The van der Waals surface area contributed by atoms with Crippen LogP contribution in [0.5, 0.6) is 11.5 Å². The van der Waals surface area contributed by atoms with E-state index in [9.17, 15) is 0 Å². The number of nitrogens with zero attached hydrogens (tertiary/aromatic N) is 2. The van der Waals surface area contributed by atoms with Gasteiger partial charge in [0.25, 0.3) is 0 Å². The number of methoxy groups -OCH3 is 1. The van der Waals surface area contributed by atoms with E-state index in [4.69, 9.17) is 15.2 Å². The van der Waals surface area contributed by atoms with Crippen molar-refractivity contribution in [2.24, 2.45) is 5.73 Å². The van der Waals surface area contributed by atoms with Gasteiger partial charge in [-0.2, -0.15) is 5.10 Å². The molecule has 0 saturated carbocycles. The Morgan fingerprint density at radius 1 is 1.35 bits per heavy atom. The summed E-state index contributed by atoms with van der Waals surface area (Å²) in [5.41, 5.74) is 6.97. The molecule has 1 atom stereocenters. The fraction of sp³-hybridized carbons (Fsp3) is 0.400. The highest BCUT2D eigenvalue weighted by Gasteiger charge is 2.07. The molecular formula is C15H21N3O2. The number of ether oxygens (including phenoxy) is 2. The van der Waals surface area contributed by atoms with E-state index in [1.54, 1.807) is 13.3 Å². The Morgan fingerprint density at radius 2 is 2.20 bits per heavy atom. The Labute approximate surface area is 119 Å². The average molecular weight is 275 g/mol. The SMILES string of the molecule is COc1ccc(CC(C)N)cc1OCCn1cccn1. The van der Waals surface area contributed by atoms with Crippen molar-refractivity contribution in [1.29, 1.82) is 0 Å². The molecule has 5 nitrogen and oxygen atoms in total. The van der Waals surface area contributed by atoms with Crippen LogP contribution >= 0.6 is 0 Å². The van der Waals surface area contributed by atoms with E-state index < -0.39 is 0 Å². The zero-order chi connectivity index (χ0) is 14.4. The van der Waals surface area contributed by atoms with E-state index in [1.165, 1.54) is 0 Å². The molecule has 1 heterocycles. The molecule has 0 saturated heterocycles. The van der Waals surface area contributed by atoms with Gasteiger partial charge in [0.05, 0.1) is 13.7 Å². The minimum Gasteiger partial charge on any atom is -0.493 e. The van der Waals surface area contributed by atoms with Crippen LogP contribution in [0.3, 0.4) is 0 Å². The quantitative estimate of drug-likeness (QED) is 0.838. The molecule has 1 aromatic carbocycles. The van der Waals surface area contributed by atoms with Crippen LogP contribution in [0.4, 0.5) is 0 Å². The van der Waals surface area contributed by atoms with Crippen molar-refractivity contribution >= 4 is 0 Å². The van der Waals surface area contributed by atoms with Crippen molar-refractivity contribution in [3.63, 3.8) is 0 Å². The maximum Gasteiger partial charge on any atom is 0.161 e. The van der Waals surface area contributed by atoms with Crippen LogP contribution in [0.1, 0.15) is 12.5 Å². The standard InChI is InChI=1S/C15H21N3O2/c1-12(16)10-13-4-5-14(19-2)15(11-13)20-9-8-18-7-3-6-17-18/h3-7,11-12H,8-10,16H2,1-2H3. The highest BCUT2D eigenvalue weighted by Crippen LogP contribution is 2.28. The minimum atomic E-state index is 0.125. The van der Waals surface area contributed by atoms with Gasteiger partial charge in [-0.1, -0.05) is 6.07 Å². The first-order valence-electron chi connectivity index (χ1n) is 6.71. The minimum absolute atomic E-state index is 0.125. The monoisotopic (exact) mass is 275 g/mol. The molecule has 0 fully saturated rings. The first-order chi connectivity index (χ1) is 9.69.